The molecule has 2 aromatic carbocycles. The number of nitrogens with one attached hydrogen (secondary N) is 2. The van der Waals surface area contributed by atoms with E-state index in [0.717, 1.165) is 10.8 Å². The van der Waals surface area contributed by atoms with Gasteiger partial charge >= 0.3 is 0 Å². The average molecular weight is 268 g/mol. The lowest BCUT2D eigenvalue weighted by molar-refractivity contribution is -0.125. The molecule has 1 saturated heterocycles. The van der Waals surface area contributed by atoms with Crippen molar-refractivity contribution < 1.29 is 14.4 Å². The third-order valence-electron chi connectivity index (χ3n) is 3.31. The Balaban J connectivity index is 1.90. The molecule has 3 rings (SSSR count). The van der Waals surface area contributed by atoms with E-state index in [2.05, 4.69) is 10.6 Å². The van der Waals surface area contributed by atoms with Gasteiger partial charge in [0.15, 0.2) is 0 Å². The summed E-state index contributed by atoms with van der Waals surface area (Å²) in [5.74, 6) is -1.17. The van der Waals surface area contributed by atoms with Gasteiger partial charge < -0.3 is 5.32 Å². The zero-order valence-corrected chi connectivity index (χ0v) is 10.6. The summed E-state index contributed by atoms with van der Waals surface area (Å²) < 4.78 is 0. The van der Waals surface area contributed by atoms with Crippen molar-refractivity contribution in [2.75, 3.05) is 0 Å². The van der Waals surface area contributed by atoms with E-state index in [0.29, 0.717) is 5.56 Å². The van der Waals surface area contributed by atoms with Crippen molar-refractivity contribution in [3.05, 3.63) is 48.0 Å². The SMILES string of the molecule is O=C1CC(NC(=O)c2cccc3ccccc23)C(=O)N1. The molecule has 1 atom stereocenters. The lowest BCUT2D eigenvalue weighted by Gasteiger charge is -2.11. The Morgan fingerprint density at radius 1 is 1.10 bits per heavy atom. The first-order valence-corrected chi connectivity index (χ1v) is 6.27. The molecule has 0 aromatic heterocycles. The largest absolute Gasteiger partial charge is 0.340 e. The summed E-state index contributed by atoms with van der Waals surface area (Å²) in [6, 6.07) is 12.1. The van der Waals surface area contributed by atoms with Crippen molar-refractivity contribution >= 4 is 28.5 Å². The number of amides is 3. The molecule has 0 aliphatic carbocycles. The van der Waals surface area contributed by atoms with Crippen LogP contribution in [0.15, 0.2) is 42.5 Å². The Labute approximate surface area is 115 Å². The summed E-state index contributed by atoms with van der Waals surface area (Å²) in [5.41, 5.74) is 0.496. The number of carbonyl (C=O) groups is 3. The summed E-state index contributed by atoms with van der Waals surface area (Å²) >= 11 is 0. The van der Waals surface area contributed by atoms with Gasteiger partial charge in [-0.25, -0.2) is 0 Å². The summed E-state index contributed by atoms with van der Waals surface area (Å²) in [6.07, 6.45) is -0.00462. The van der Waals surface area contributed by atoms with Gasteiger partial charge in [-0.3, -0.25) is 19.7 Å². The second kappa shape index (κ2) is 4.77. The van der Waals surface area contributed by atoms with Crippen molar-refractivity contribution in [3.8, 4) is 0 Å². The molecular formula is C15H12N2O3. The fourth-order valence-corrected chi connectivity index (χ4v) is 2.33. The minimum Gasteiger partial charge on any atom is -0.340 e. The van der Waals surface area contributed by atoms with Crippen LogP contribution in [0.5, 0.6) is 0 Å². The molecule has 2 aromatic rings. The molecule has 5 nitrogen and oxygen atoms in total. The monoisotopic (exact) mass is 268 g/mol. The number of hydrogen-bond donors (Lipinski definition) is 2. The fourth-order valence-electron chi connectivity index (χ4n) is 2.33. The molecule has 0 spiro atoms. The van der Waals surface area contributed by atoms with E-state index in [9.17, 15) is 14.4 Å². The van der Waals surface area contributed by atoms with Gasteiger partial charge in [0.1, 0.15) is 6.04 Å². The highest BCUT2D eigenvalue weighted by Crippen LogP contribution is 2.18. The van der Waals surface area contributed by atoms with Crippen molar-refractivity contribution in [2.24, 2.45) is 0 Å². The van der Waals surface area contributed by atoms with E-state index < -0.39 is 11.9 Å². The normalized spacial score (nSPS) is 18.1. The predicted octanol–water partition coefficient (Wildman–Crippen LogP) is 0.985. The second-order valence-corrected chi connectivity index (χ2v) is 4.67. The highest BCUT2D eigenvalue weighted by Gasteiger charge is 2.32. The Morgan fingerprint density at radius 3 is 2.60 bits per heavy atom. The highest BCUT2D eigenvalue weighted by atomic mass is 16.2. The standard InChI is InChI=1S/C15H12N2O3/c18-13-8-12(15(20)17-13)16-14(19)11-7-3-5-9-4-1-2-6-10(9)11/h1-7,12H,8H2,(H,16,19)(H,17,18,20). The van der Waals surface area contributed by atoms with Crippen molar-refractivity contribution in [1.29, 1.82) is 0 Å². The van der Waals surface area contributed by atoms with Crippen molar-refractivity contribution in [3.63, 3.8) is 0 Å². The van der Waals surface area contributed by atoms with Gasteiger partial charge in [-0.1, -0.05) is 36.4 Å². The maximum atomic E-state index is 12.3. The van der Waals surface area contributed by atoms with Crippen molar-refractivity contribution in [1.82, 2.24) is 10.6 Å². The molecule has 3 amide bonds. The topological polar surface area (TPSA) is 75.3 Å². The molecule has 1 aliphatic heterocycles. The molecule has 0 bridgehead atoms. The van der Waals surface area contributed by atoms with E-state index in [1.54, 1.807) is 12.1 Å². The zero-order chi connectivity index (χ0) is 14.1. The lowest BCUT2D eigenvalue weighted by atomic mass is 10.0. The summed E-state index contributed by atoms with van der Waals surface area (Å²) in [6.45, 7) is 0. The molecule has 100 valence electrons. The van der Waals surface area contributed by atoms with Gasteiger partial charge in [0.25, 0.3) is 5.91 Å². The number of benzene rings is 2. The number of rotatable bonds is 2. The third kappa shape index (κ3) is 2.14. The lowest BCUT2D eigenvalue weighted by Crippen LogP contribution is -2.40. The van der Waals surface area contributed by atoms with Gasteiger partial charge in [0.2, 0.25) is 11.8 Å². The van der Waals surface area contributed by atoms with Crippen LogP contribution in [-0.2, 0) is 9.59 Å². The average Bonchev–Trinajstić information content (AvgIpc) is 2.76. The van der Waals surface area contributed by atoms with Crippen molar-refractivity contribution in [2.45, 2.75) is 12.5 Å². The maximum absolute atomic E-state index is 12.3. The van der Waals surface area contributed by atoms with Crippen LogP contribution in [0, 0.1) is 0 Å². The Hall–Kier alpha value is -2.69. The molecule has 1 unspecified atom stereocenters. The highest BCUT2D eigenvalue weighted by molar-refractivity contribution is 6.11. The van der Waals surface area contributed by atoms with Crippen LogP contribution in [0.4, 0.5) is 0 Å². The Kier molecular flexibility index (Phi) is 2.95. The van der Waals surface area contributed by atoms with Gasteiger partial charge in [0, 0.05) is 5.56 Å². The first-order chi connectivity index (χ1) is 9.65. The van der Waals surface area contributed by atoms with E-state index in [-0.39, 0.29) is 18.2 Å². The fraction of sp³-hybridized carbons (Fsp3) is 0.133. The smallest absolute Gasteiger partial charge is 0.252 e. The second-order valence-electron chi connectivity index (χ2n) is 4.67. The zero-order valence-electron chi connectivity index (χ0n) is 10.6. The Morgan fingerprint density at radius 2 is 1.85 bits per heavy atom. The van der Waals surface area contributed by atoms with Gasteiger partial charge in [-0.05, 0) is 16.8 Å². The molecule has 1 fully saturated rings. The van der Waals surface area contributed by atoms with Crippen LogP contribution in [0.2, 0.25) is 0 Å². The first-order valence-electron chi connectivity index (χ1n) is 6.27. The predicted molar refractivity (Wildman–Crippen MR) is 73.0 cm³/mol. The number of hydrogen-bond acceptors (Lipinski definition) is 3. The first kappa shape index (κ1) is 12.3. The molecule has 1 aliphatic rings. The summed E-state index contributed by atoms with van der Waals surface area (Å²) in [7, 11) is 0. The molecule has 2 N–H and O–H groups in total. The van der Waals surface area contributed by atoms with Crippen LogP contribution in [0.25, 0.3) is 10.8 Å². The molecule has 20 heavy (non-hydrogen) atoms. The molecule has 0 radical (unpaired) electrons. The van der Waals surface area contributed by atoms with E-state index in [1.165, 1.54) is 0 Å². The molecule has 0 saturated carbocycles. The van der Waals surface area contributed by atoms with Crippen LogP contribution in [-0.4, -0.2) is 23.8 Å². The summed E-state index contributed by atoms with van der Waals surface area (Å²) in [5, 5.41) is 6.53. The van der Waals surface area contributed by atoms with Gasteiger partial charge in [0.05, 0.1) is 6.42 Å². The van der Waals surface area contributed by atoms with Crippen LogP contribution in [0.1, 0.15) is 16.8 Å². The van der Waals surface area contributed by atoms with Crippen LogP contribution in [0.3, 0.4) is 0 Å². The van der Waals surface area contributed by atoms with Crippen LogP contribution < -0.4 is 10.6 Å². The van der Waals surface area contributed by atoms with Gasteiger partial charge in [-0.15, -0.1) is 0 Å². The Bertz CT molecular complexity index is 719. The molecule has 1 heterocycles. The van der Waals surface area contributed by atoms with Crippen LogP contribution >= 0.6 is 0 Å². The number of fused-ring (bicyclic) bond motifs is 1. The van der Waals surface area contributed by atoms with E-state index in [1.807, 2.05) is 30.3 Å². The number of carbonyl (C=O) groups excluding carboxylic acids is 3. The molecular weight excluding hydrogens is 256 g/mol. The minimum atomic E-state index is -0.783. The molecule has 5 heteroatoms. The third-order valence-corrected chi connectivity index (χ3v) is 3.31. The van der Waals surface area contributed by atoms with E-state index in [4.69, 9.17) is 0 Å². The number of imide groups is 1. The van der Waals surface area contributed by atoms with E-state index >= 15 is 0 Å². The quantitative estimate of drug-likeness (QED) is 0.797. The minimum absolute atomic E-state index is 0.00462. The maximum Gasteiger partial charge on any atom is 0.252 e. The van der Waals surface area contributed by atoms with Gasteiger partial charge in [-0.2, -0.15) is 0 Å². The summed E-state index contributed by atoms with van der Waals surface area (Å²) in [4.78, 5) is 34.8.